The molecule has 0 aliphatic heterocycles. The van der Waals surface area contributed by atoms with Gasteiger partial charge >= 0.3 is 11.8 Å². The van der Waals surface area contributed by atoms with E-state index in [1.165, 1.54) is 18.3 Å². The van der Waals surface area contributed by atoms with Gasteiger partial charge in [-0.2, -0.15) is 5.10 Å². The molecule has 0 bridgehead atoms. The van der Waals surface area contributed by atoms with Crippen LogP contribution in [0.4, 0.5) is 10.5 Å². The summed E-state index contributed by atoms with van der Waals surface area (Å²) >= 11 is 0. The van der Waals surface area contributed by atoms with Crippen LogP contribution in [0.5, 0.6) is 17.2 Å². The zero-order valence-corrected chi connectivity index (χ0v) is 16.0. The molecule has 9 nitrogen and oxygen atoms in total. The van der Waals surface area contributed by atoms with E-state index in [1.54, 1.807) is 58.2 Å². The molecule has 2 aromatic rings. The molecule has 2 aromatic carbocycles. The number of rotatable bonds is 6. The highest BCUT2D eigenvalue weighted by molar-refractivity contribution is 5.82. The Morgan fingerprint density at radius 3 is 2.36 bits per heavy atom. The van der Waals surface area contributed by atoms with Gasteiger partial charge in [-0.15, -0.1) is 0 Å². The number of hydrogen-bond acceptors (Lipinski definition) is 7. The first-order valence-corrected chi connectivity index (χ1v) is 8.30. The van der Waals surface area contributed by atoms with Crippen molar-refractivity contribution in [1.82, 2.24) is 5.43 Å². The summed E-state index contributed by atoms with van der Waals surface area (Å²) in [5.41, 5.74) is 1.71. The van der Waals surface area contributed by atoms with Gasteiger partial charge in [-0.05, 0) is 57.2 Å². The lowest BCUT2D eigenvalue weighted by Gasteiger charge is -2.18. The fraction of sp³-hybridized carbons (Fsp3) is 0.263. The highest BCUT2D eigenvalue weighted by Gasteiger charge is 2.17. The summed E-state index contributed by atoms with van der Waals surface area (Å²) in [6.45, 7) is 5.17. The Hall–Kier alpha value is -3.62. The van der Waals surface area contributed by atoms with E-state index in [1.807, 2.05) is 0 Å². The molecule has 1 N–H and O–H groups in total. The summed E-state index contributed by atoms with van der Waals surface area (Å²) in [6, 6.07) is 11.0. The number of nitrogens with one attached hydrogen (secondary N) is 1. The Morgan fingerprint density at radius 1 is 1.14 bits per heavy atom. The second-order valence-electron chi connectivity index (χ2n) is 6.63. The second kappa shape index (κ2) is 8.85. The van der Waals surface area contributed by atoms with Gasteiger partial charge in [0.1, 0.15) is 17.1 Å². The van der Waals surface area contributed by atoms with Gasteiger partial charge in [0.25, 0.3) is 0 Å². The molecule has 148 valence electrons. The van der Waals surface area contributed by atoms with Crippen molar-refractivity contribution in [1.29, 1.82) is 0 Å². The van der Waals surface area contributed by atoms with Crippen LogP contribution in [0.25, 0.3) is 0 Å². The van der Waals surface area contributed by atoms with Crippen LogP contribution in [-0.2, 0) is 4.74 Å². The maximum atomic E-state index is 11.5. The van der Waals surface area contributed by atoms with E-state index in [0.717, 1.165) is 0 Å². The minimum absolute atomic E-state index is 0.0763. The van der Waals surface area contributed by atoms with Gasteiger partial charge in [-0.3, -0.25) is 10.1 Å². The molecule has 0 aliphatic carbocycles. The smallest absolute Gasteiger partial charge is 0.428 e. The number of nitro benzene ring substituents is 1. The minimum Gasteiger partial charge on any atom is -0.497 e. The van der Waals surface area contributed by atoms with Crippen molar-refractivity contribution in [2.45, 2.75) is 26.4 Å². The maximum Gasteiger partial charge on any atom is 0.428 e. The summed E-state index contributed by atoms with van der Waals surface area (Å²) < 4.78 is 15.7. The molecule has 0 spiro atoms. The average molecular weight is 387 g/mol. The number of methoxy groups -OCH3 is 1. The molecule has 0 aromatic heterocycles. The Labute approximate surface area is 162 Å². The molecule has 0 atom stereocenters. The number of benzene rings is 2. The van der Waals surface area contributed by atoms with E-state index in [9.17, 15) is 14.9 Å². The lowest BCUT2D eigenvalue weighted by atomic mass is 10.2. The normalized spacial score (nSPS) is 11.1. The van der Waals surface area contributed by atoms with E-state index in [0.29, 0.717) is 17.1 Å². The molecule has 0 fully saturated rings. The largest absolute Gasteiger partial charge is 0.497 e. The molecule has 0 heterocycles. The number of nitro groups is 1. The number of carbonyl (C=O) groups is 1. The molecular formula is C19H21N3O6. The van der Waals surface area contributed by atoms with Crippen LogP contribution < -0.4 is 14.9 Å². The number of amides is 1. The summed E-state index contributed by atoms with van der Waals surface area (Å²) in [5, 5.41) is 15.1. The third-order valence-electron chi connectivity index (χ3n) is 3.24. The van der Waals surface area contributed by atoms with Crippen molar-refractivity contribution in [2.75, 3.05) is 7.11 Å². The zero-order valence-electron chi connectivity index (χ0n) is 16.0. The SMILES string of the molecule is COc1ccc(Oc2ccc(/C=N\NC(=O)OC(C)(C)C)cc2[N+](=O)[O-])cc1. The van der Waals surface area contributed by atoms with Gasteiger partial charge in [0.15, 0.2) is 0 Å². The van der Waals surface area contributed by atoms with Gasteiger partial charge in [0.2, 0.25) is 5.75 Å². The number of ether oxygens (including phenoxy) is 3. The fourth-order valence-corrected chi connectivity index (χ4v) is 2.07. The number of hydrazone groups is 1. The number of carbonyl (C=O) groups excluding carboxylic acids is 1. The van der Waals surface area contributed by atoms with Crippen molar-refractivity contribution >= 4 is 18.0 Å². The standard InChI is InChI=1S/C19H21N3O6/c1-19(2,3)28-18(23)21-20-12-13-5-10-17(16(11-13)22(24)25)27-15-8-6-14(26-4)7-9-15/h5-12H,1-4H3,(H,21,23)/b20-12-. The Bertz CT molecular complexity index is 872. The molecule has 28 heavy (non-hydrogen) atoms. The Balaban J connectivity index is 2.12. The monoisotopic (exact) mass is 387 g/mol. The Morgan fingerprint density at radius 2 is 1.79 bits per heavy atom. The fourth-order valence-electron chi connectivity index (χ4n) is 2.07. The molecular weight excluding hydrogens is 366 g/mol. The molecule has 0 saturated carbocycles. The van der Waals surface area contributed by atoms with E-state index < -0.39 is 16.6 Å². The Kier molecular flexibility index (Phi) is 6.54. The first-order chi connectivity index (χ1) is 13.2. The average Bonchev–Trinajstić information content (AvgIpc) is 2.61. The molecule has 0 radical (unpaired) electrons. The molecule has 0 unspecified atom stereocenters. The summed E-state index contributed by atoms with van der Waals surface area (Å²) in [6.07, 6.45) is 0.548. The first kappa shape index (κ1) is 20.7. The third kappa shape index (κ3) is 6.27. The van der Waals surface area contributed by atoms with E-state index in [4.69, 9.17) is 14.2 Å². The molecule has 0 saturated heterocycles. The van der Waals surface area contributed by atoms with Gasteiger partial charge in [-0.1, -0.05) is 0 Å². The van der Waals surface area contributed by atoms with Crippen LogP contribution >= 0.6 is 0 Å². The van der Waals surface area contributed by atoms with Crippen molar-refractivity contribution in [3.8, 4) is 17.2 Å². The molecule has 9 heteroatoms. The number of nitrogens with zero attached hydrogens (tertiary/aromatic N) is 2. The highest BCUT2D eigenvalue weighted by Crippen LogP contribution is 2.32. The second-order valence-corrected chi connectivity index (χ2v) is 6.63. The van der Waals surface area contributed by atoms with Crippen molar-refractivity contribution in [3.63, 3.8) is 0 Å². The van der Waals surface area contributed by atoms with Crippen LogP contribution in [0.2, 0.25) is 0 Å². The van der Waals surface area contributed by atoms with E-state index in [-0.39, 0.29) is 11.4 Å². The zero-order chi connectivity index (χ0) is 20.7. The quantitative estimate of drug-likeness (QED) is 0.450. The van der Waals surface area contributed by atoms with Crippen LogP contribution in [-0.4, -0.2) is 29.9 Å². The first-order valence-electron chi connectivity index (χ1n) is 8.30. The summed E-state index contributed by atoms with van der Waals surface area (Å²) in [7, 11) is 1.54. The van der Waals surface area contributed by atoms with Crippen LogP contribution in [0.15, 0.2) is 47.6 Å². The maximum absolute atomic E-state index is 11.5. The molecule has 2 rings (SSSR count). The predicted molar refractivity (Wildman–Crippen MR) is 103 cm³/mol. The van der Waals surface area contributed by atoms with Gasteiger partial charge < -0.3 is 14.2 Å². The molecule has 0 aliphatic rings. The van der Waals surface area contributed by atoms with Gasteiger partial charge in [0.05, 0.1) is 18.2 Å². The van der Waals surface area contributed by atoms with Crippen LogP contribution in [0.3, 0.4) is 0 Å². The summed E-state index contributed by atoms with van der Waals surface area (Å²) in [5.74, 6) is 1.15. The summed E-state index contributed by atoms with van der Waals surface area (Å²) in [4.78, 5) is 22.4. The third-order valence-corrected chi connectivity index (χ3v) is 3.24. The van der Waals surface area contributed by atoms with Crippen LogP contribution in [0, 0.1) is 10.1 Å². The van der Waals surface area contributed by atoms with E-state index in [2.05, 4.69) is 10.5 Å². The topological polar surface area (TPSA) is 112 Å². The van der Waals surface area contributed by atoms with Crippen molar-refractivity contribution in [2.24, 2.45) is 5.10 Å². The van der Waals surface area contributed by atoms with Crippen molar-refractivity contribution in [3.05, 3.63) is 58.1 Å². The predicted octanol–water partition coefficient (Wildman–Crippen LogP) is 4.25. The minimum atomic E-state index is -0.724. The lowest BCUT2D eigenvalue weighted by molar-refractivity contribution is -0.385. The van der Waals surface area contributed by atoms with Crippen molar-refractivity contribution < 1.29 is 23.9 Å². The van der Waals surface area contributed by atoms with E-state index >= 15 is 0 Å². The lowest BCUT2D eigenvalue weighted by Crippen LogP contribution is -2.29. The highest BCUT2D eigenvalue weighted by atomic mass is 16.6. The van der Waals surface area contributed by atoms with Crippen LogP contribution in [0.1, 0.15) is 26.3 Å². The van der Waals surface area contributed by atoms with Gasteiger partial charge in [0, 0.05) is 11.6 Å². The van der Waals surface area contributed by atoms with Gasteiger partial charge in [-0.25, -0.2) is 10.2 Å². The molecule has 1 amide bonds. The number of hydrogen-bond donors (Lipinski definition) is 1.